The van der Waals surface area contributed by atoms with Crippen LogP contribution in [-0.2, 0) is 18.9 Å². The minimum atomic E-state index is -0.326. The zero-order valence-corrected chi connectivity index (χ0v) is 13.1. The lowest BCUT2D eigenvalue weighted by Gasteiger charge is -2.39. The fourth-order valence-electron chi connectivity index (χ4n) is 2.37. The third-order valence-electron chi connectivity index (χ3n) is 3.50. The average Bonchev–Trinajstić information content (AvgIpc) is 2.57. The zero-order valence-electron chi connectivity index (χ0n) is 13.1. The Labute approximate surface area is 132 Å². The van der Waals surface area contributed by atoms with E-state index in [9.17, 15) is 0 Å². The number of hydrogen-bond acceptors (Lipinski definition) is 4. The third-order valence-corrected chi connectivity index (χ3v) is 3.50. The van der Waals surface area contributed by atoms with E-state index in [2.05, 4.69) is 12.8 Å². The summed E-state index contributed by atoms with van der Waals surface area (Å²) in [6.45, 7) is 5.18. The van der Waals surface area contributed by atoms with Crippen molar-refractivity contribution >= 4 is 0 Å². The second-order valence-corrected chi connectivity index (χ2v) is 5.61. The number of terminal acetylenes is 1. The molecule has 0 spiro atoms. The SMILES string of the molecule is C#CCOCC1(COCCC)COC(c2ccccc2)OC1. The first kappa shape index (κ1) is 17.0. The zero-order chi connectivity index (χ0) is 15.7. The van der Waals surface area contributed by atoms with Crippen LogP contribution in [0.1, 0.15) is 25.2 Å². The van der Waals surface area contributed by atoms with E-state index < -0.39 is 0 Å². The molecule has 0 aromatic heterocycles. The summed E-state index contributed by atoms with van der Waals surface area (Å²) in [5, 5.41) is 0. The summed E-state index contributed by atoms with van der Waals surface area (Å²) in [7, 11) is 0. The largest absolute Gasteiger partial charge is 0.381 e. The van der Waals surface area contributed by atoms with E-state index in [4.69, 9.17) is 25.4 Å². The molecule has 1 aliphatic rings. The fourth-order valence-corrected chi connectivity index (χ4v) is 2.37. The van der Waals surface area contributed by atoms with Crippen LogP contribution in [0.5, 0.6) is 0 Å². The Morgan fingerprint density at radius 2 is 1.86 bits per heavy atom. The Hall–Kier alpha value is -1.38. The molecule has 0 unspecified atom stereocenters. The summed E-state index contributed by atoms with van der Waals surface area (Å²) in [5.41, 5.74) is 0.729. The smallest absolute Gasteiger partial charge is 0.183 e. The van der Waals surface area contributed by atoms with Crippen LogP contribution in [0.25, 0.3) is 0 Å². The van der Waals surface area contributed by atoms with E-state index in [0.29, 0.717) is 26.4 Å². The third kappa shape index (κ3) is 4.82. The van der Waals surface area contributed by atoms with Crippen molar-refractivity contribution in [2.75, 3.05) is 39.6 Å². The van der Waals surface area contributed by atoms with Gasteiger partial charge in [0, 0.05) is 12.2 Å². The van der Waals surface area contributed by atoms with Crippen LogP contribution in [0.2, 0.25) is 0 Å². The van der Waals surface area contributed by atoms with Crippen molar-refractivity contribution in [2.24, 2.45) is 5.41 Å². The van der Waals surface area contributed by atoms with Gasteiger partial charge >= 0.3 is 0 Å². The Morgan fingerprint density at radius 1 is 1.18 bits per heavy atom. The monoisotopic (exact) mass is 304 g/mol. The molecule has 1 heterocycles. The van der Waals surface area contributed by atoms with Gasteiger partial charge in [-0.2, -0.15) is 0 Å². The van der Waals surface area contributed by atoms with Gasteiger partial charge < -0.3 is 18.9 Å². The Morgan fingerprint density at radius 3 is 2.50 bits per heavy atom. The van der Waals surface area contributed by atoms with Gasteiger partial charge in [-0.1, -0.05) is 43.2 Å². The van der Waals surface area contributed by atoms with E-state index in [1.54, 1.807) is 0 Å². The molecule has 4 nitrogen and oxygen atoms in total. The van der Waals surface area contributed by atoms with Gasteiger partial charge in [0.15, 0.2) is 6.29 Å². The predicted molar refractivity (Wildman–Crippen MR) is 84.3 cm³/mol. The van der Waals surface area contributed by atoms with Crippen molar-refractivity contribution in [3.05, 3.63) is 35.9 Å². The summed E-state index contributed by atoms with van der Waals surface area (Å²) < 4.78 is 23.0. The van der Waals surface area contributed by atoms with E-state index in [0.717, 1.165) is 18.6 Å². The molecule has 0 atom stereocenters. The maximum Gasteiger partial charge on any atom is 0.183 e. The van der Waals surface area contributed by atoms with Crippen LogP contribution < -0.4 is 0 Å². The molecule has 0 aliphatic carbocycles. The summed E-state index contributed by atoms with van der Waals surface area (Å²) in [6.07, 6.45) is 5.89. The molecular weight excluding hydrogens is 280 g/mol. The van der Waals surface area contributed by atoms with Crippen LogP contribution in [0.3, 0.4) is 0 Å². The molecule has 1 saturated heterocycles. The lowest BCUT2D eigenvalue weighted by molar-refractivity contribution is -0.253. The minimum Gasteiger partial charge on any atom is -0.381 e. The van der Waals surface area contributed by atoms with Gasteiger partial charge in [0.05, 0.1) is 31.8 Å². The van der Waals surface area contributed by atoms with Crippen molar-refractivity contribution in [3.8, 4) is 12.3 Å². The van der Waals surface area contributed by atoms with Crippen LogP contribution in [0, 0.1) is 17.8 Å². The van der Waals surface area contributed by atoms with Gasteiger partial charge in [0.25, 0.3) is 0 Å². The summed E-state index contributed by atoms with van der Waals surface area (Å²) in [5.74, 6) is 2.48. The molecule has 2 rings (SSSR count). The molecule has 0 bridgehead atoms. The van der Waals surface area contributed by atoms with E-state index in [-0.39, 0.29) is 18.3 Å². The van der Waals surface area contributed by atoms with Crippen LogP contribution >= 0.6 is 0 Å². The van der Waals surface area contributed by atoms with Crippen molar-refractivity contribution in [1.29, 1.82) is 0 Å². The highest BCUT2D eigenvalue weighted by Crippen LogP contribution is 2.32. The van der Waals surface area contributed by atoms with Gasteiger partial charge in [-0.3, -0.25) is 0 Å². The normalized spacial score (nSPS) is 24.8. The fraction of sp³-hybridized carbons (Fsp3) is 0.556. The molecule has 120 valence electrons. The van der Waals surface area contributed by atoms with Gasteiger partial charge in [-0.05, 0) is 6.42 Å². The average molecular weight is 304 g/mol. The maximum atomic E-state index is 5.91. The van der Waals surface area contributed by atoms with Gasteiger partial charge in [-0.15, -0.1) is 6.42 Å². The minimum absolute atomic E-state index is 0.289. The molecule has 4 heteroatoms. The maximum absolute atomic E-state index is 5.91. The molecule has 1 aromatic carbocycles. The molecule has 1 fully saturated rings. The van der Waals surface area contributed by atoms with E-state index in [1.165, 1.54) is 0 Å². The second kappa shape index (κ2) is 8.92. The molecule has 0 amide bonds. The van der Waals surface area contributed by atoms with Crippen molar-refractivity contribution < 1.29 is 18.9 Å². The molecule has 1 aliphatic heterocycles. The Kier molecular flexibility index (Phi) is 6.88. The molecule has 22 heavy (non-hydrogen) atoms. The first-order valence-corrected chi connectivity index (χ1v) is 7.67. The van der Waals surface area contributed by atoms with E-state index >= 15 is 0 Å². The highest BCUT2D eigenvalue weighted by molar-refractivity contribution is 5.16. The molecular formula is C18H24O4. The summed E-state index contributed by atoms with van der Waals surface area (Å²) >= 11 is 0. The number of ether oxygens (including phenoxy) is 4. The highest BCUT2D eigenvalue weighted by atomic mass is 16.7. The quantitative estimate of drug-likeness (QED) is 0.547. The second-order valence-electron chi connectivity index (χ2n) is 5.61. The van der Waals surface area contributed by atoms with Crippen molar-refractivity contribution in [1.82, 2.24) is 0 Å². The molecule has 1 aromatic rings. The lowest BCUT2D eigenvalue weighted by Crippen LogP contribution is -2.46. The highest BCUT2D eigenvalue weighted by Gasteiger charge is 2.38. The first-order valence-electron chi connectivity index (χ1n) is 7.67. The first-order chi connectivity index (χ1) is 10.8. The molecule has 0 saturated carbocycles. The Balaban J connectivity index is 1.92. The predicted octanol–water partition coefficient (Wildman–Crippen LogP) is 2.79. The standard InChI is InChI=1S/C18H24O4/c1-3-10-19-12-18(13-20-11-4-2)14-21-17(22-15-18)16-8-6-5-7-9-16/h1,5-9,17H,4,10-15H2,2H3. The lowest BCUT2D eigenvalue weighted by atomic mass is 9.91. The number of benzene rings is 1. The Bertz CT molecular complexity index is 458. The van der Waals surface area contributed by atoms with Gasteiger partial charge in [0.2, 0.25) is 0 Å². The van der Waals surface area contributed by atoms with Crippen molar-refractivity contribution in [2.45, 2.75) is 19.6 Å². The molecule has 0 radical (unpaired) electrons. The van der Waals surface area contributed by atoms with Crippen molar-refractivity contribution in [3.63, 3.8) is 0 Å². The summed E-state index contributed by atoms with van der Waals surface area (Å²) in [4.78, 5) is 0. The van der Waals surface area contributed by atoms with Gasteiger partial charge in [-0.25, -0.2) is 0 Å². The number of hydrogen-bond donors (Lipinski definition) is 0. The van der Waals surface area contributed by atoms with Crippen LogP contribution in [0.15, 0.2) is 30.3 Å². The topological polar surface area (TPSA) is 36.9 Å². The number of rotatable bonds is 8. The van der Waals surface area contributed by atoms with E-state index in [1.807, 2.05) is 30.3 Å². The van der Waals surface area contributed by atoms with Gasteiger partial charge in [0.1, 0.15) is 6.61 Å². The molecule has 0 N–H and O–H groups in total. The van der Waals surface area contributed by atoms with Crippen LogP contribution in [-0.4, -0.2) is 39.6 Å². The summed E-state index contributed by atoms with van der Waals surface area (Å²) in [6, 6.07) is 9.93. The van der Waals surface area contributed by atoms with Crippen LogP contribution in [0.4, 0.5) is 0 Å².